The van der Waals surface area contributed by atoms with Crippen LogP contribution < -0.4 is 0 Å². The van der Waals surface area contributed by atoms with Crippen molar-refractivity contribution in [3.8, 4) is 0 Å². The van der Waals surface area contributed by atoms with E-state index < -0.39 is 5.72 Å². The Morgan fingerprint density at radius 3 is 1.72 bits per heavy atom. The van der Waals surface area contributed by atoms with Gasteiger partial charge in [0, 0.05) is 11.6 Å². The quantitative estimate of drug-likeness (QED) is 0.585. The molecular weight excluding hydrogens is 310 g/mol. The number of aliphatic hydroxyl groups is 1. The third-order valence-electron chi connectivity index (χ3n) is 4.50. The Balaban J connectivity index is 1.96. The SMILES string of the molecule is [O-][N+]1=C(c2ccccc2)C=C(c2ccccc2)C1(O)c1ccccc1. The molecule has 4 rings (SSSR count). The van der Waals surface area contributed by atoms with E-state index >= 15 is 0 Å². The Labute approximate surface area is 146 Å². The highest BCUT2D eigenvalue weighted by molar-refractivity contribution is 6.12. The highest BCUT2D eigenvalue weighted by Crippen LogP contribution is 2.41. The van der Waals surface area contributed by atoms with Gasteiger partial charge < -0.3 is 10.3 Å². The average molecular weight is 327 g/mol. The van der Waals surface area contributed by atoms with Gasteiger partial charge in [-0.05, 0) is 29.8 Å². The molecule has 0 spiro atoms. The maximum absolute atomic E-state index is 13.2. The average Bonchev–Trinajstić information content (AvgIpc) is 2.96. The molecule has 0 bridgehead atoms. The molecule has 1 heterocycles. The summed E-state index contributed by atoms with van der Waals surface area (Å²) in [6.45, 7) is 0. The van der Waals surface area contributed by atoms with Gasteiger partial charge in [0.1, 0.15) is 0 Å². The van der Waals surface area contributed by atoms with E-state index in [1.807, 2.05) is 78.9 Å². The van der Waals surface area contributed by atoms with Crippen LogP contribution in [0, 0.1) is 5.21 Å². The first-order valence-electron chi connectivity index (χ1n) is 8.16. The molecule has 3 nitrogen and oxygen atoms in total. The fourth-order valence-corrected chi connectivity index (χ4v) is 3.23. The van der Waals surface area contributed by atoms with E-state index in [4.69, 9.17) is 0 Å². The summed E-state index contributed by atoms with van der Waals surface area (Å²) >= 11 is 0. The van der Waals surface area contributed by atoms with Crippen molar-refractivity contribution in [1.29, 1.82) is 0 Å². The van der Waals surface area contributed by atoms with Crippen molar-refractivity contribution in [3.63, 3.8) is 0 Å². The zero-order chi connectivity index (χ0) is 17.3. The number of hydrogen-bond donors (Lipinski definition) is 1. The van der Waals surface area contributed by atoms with Gasteiger partial charge in [0.15, 0.2) is 0 Å². The maximum atomic E-state index is 13.2. The molecule has 1 unspecified atom stereocenters. The molecule has 1 N–H and O–H groups in total. The van der Waals surface area contributed by atoms with Gasteiger partial charge in [0.25, 0.3) is 0 Å². The number of rotatable bonds is 3. The molecule has 1 aliphatic heterocycles. The summed E-state index contributed by atoms with van der Waals surface area (Å²) < 4.78 is 0.708. The second-order valence-electron chi connectivity index (χ2n) is 6.01. The van der Waals surface area contributed by atoms with Gasteiger partial charge in [-0.15, -0.1) is 0 Å². The van der Waals surface area contributed by atoms with Crippen LogP contribution >= 0.6 is 0 Å². The molecule has 0 fully saturated rings. The number of benzene rings is 3. The summed E-state index contributed by atoms with van der Waals surface area (Å²) in [5.74, 6) is 0. The Hall–Kier alpha value is -3.17. The lowest BCUT2D eigenvalue weighted by Crippen LogP contribution is -2.36. The Kier molecular flexibility index (Phi) is 3.71. The predicted molar refractivity (Wildman–Crippen MR) is 98.9 cm³/mol. The molecule has 0 saturated carbocycles. The summed E-state index contributed by atoms with van der Waals surface area (Å²) in [6.07, 6.45) is 1.78. The van der Waals surface area contributed by atoms with Crippen LogP contribution in [0.25, 0.3) is 5.57 Å². The topological polar surface area (TPSA) is 46.3 Å². The number of hydroxylamine groups is 1. The lowest BCUT2D eigenvalue weighted by molar-refractivity contribution is -0.591. The Morgan fingerprint density at radius 2 is 1.16 bits per heavy atom. The molecule has 3 aromatic carbocycles. The molecule has 0 aliphatic carbocycles. The van der Waals surface area contributed by atoms with E-state index in [2.05, 4.69) is 0 Å². The van der Waals surface area contributed by atoms with Gasteiger partial charge >= 0.3 is 5.72 Å². The normalized spacial score (nSPS) is 19.8. The van der Waals surface area contributed by atoms with Crippen LogP contribution in [-0.4, -0.2) is 15.6 Å². The van der Waals surface area contributed by atoms with E-state index in [0.717, 1.165) is 11.1 Å². The first kappa shape index (κ1) is 15.4. The van der Waals surface area contributed by atoms with Crippen LogP contribution in [0.3, 0.4) is 0 Å². The molecule has 1 atom stereocenters. The third kappa shape index (κ3) is 2.46. The highest BCUT2D eigenvalue weighted by atomic mass is 16.5. The van der Waals surface area contributed by atoms with Crippen LogP contribution in [0.1, 0.15) is 16.7 Å². The zero-order valence-corrected chi connectivity index (χ0v) is 13.5. The monoisotopic (exact) mass is 327 g/mol. The number of allylic oxidation sites excluding steroid dienone is 1. The molecule has 0 amide bonds. The summed E-state index contributed by atoms with van der Waals surface area (Å²) in [5.41, 5.74) is 1.41. The van der Waals surface area contributed by atoms with Crippen molar-refractivity contribution in [2.24, 2.45) is 0 Å². The van der Waals surface area contributed by atoms with Gasteiger partial charge in [-0.1, -0.05) is 66.7 Å². The lowest BCUT2D eigenvalue weighted by Gasteiger charge is -2.26. The van der Waals surface area contributed by atoms with Crippen LogP contribution in [0.5, 0.6) is 0 Å². The standard InChI is InChI=1S/C22H17NO2/c24-22(19-14-8-3-9-15-19)20(17-10-4-1-5-11-17)16-21(23(22)25)18-12-6-2-7-13-18/h1-16,24H. The number of nitrogens with zero attached hydrogens (tertiary/aromatic N) is 1. The minimum Gasteiger partial charge on any atom is -0.621 e. The third-order valence-corrected chi connectivity index (χ3v) is 4.50. The van der Waals surface area contributed by atoms with Crippen molar-refractivity contribution in [1.82, 2.24) is 0 Å². The minimum absolute atomic E-state index is 0.450. The van der Waals surface area contributed by atoms with Crippen molar-refractivity contribution < 1.29 is 9.85 Å². The van der Waals surface area contributed by atoms with Gasteiger partial charge in [-0.2, -0.15) is 4.74 Å². The fourth-order valence-electron chi connectivity index (χ4n) is 3.23. The molecule has 3 heteroatoms. The Morgan fingerprint density at radius 1 is 0.680 bits per heavy atom. The Bertz CT molecular complexity index is 947. The zero-order valence-electron chi connectivity index (χ0n) is 13.5. The number of hydrogen-bond acceptors (Lipinski definition) is 2. The summed E-state index contributed by atoms with van der Waals surface area (Å²) in [4.78, 5) is 0. The summed E-state index contributed by atoms with van der Waals surface area (Å²) in [5, 5.41) is 24.7. The smallest absolute Gasteiger partial charge is 0.330 e. The van der Waals surface area contributed by atoms with Crippen LogP contribution in [0.2, 0.25) is 0 Å². The molecular formula is C22H17NO2. The molecule has 0 saturated heterocycles. The lowest BCUT2D eigenvalue weighted by atomic mass is 9.90. The van der Waals surface area contributed by atoms with E-state index in [1.165, 1.54) is 0 Å². The van der Waals surface area contributed by atoms with E-state index in [0.29, 0.717) is 21.6 Å². The van der Waals surface area contributed by atoms with E-state index in [1.54, 1.807) is 18.2 Å². The molecule has 0 radical (unpaired) electrons. The first-order valence-corrected chi connectivity index (χ1v) is 8.16. The van der Waals surface area contributed by atoms with Crippen LogP contribution in [0.4, 0.5) is 0 Å². The molecule has 1 aliphatic rings. The molecule has 122 valence electrons. The minimum atomic E-state index is -1.76. The first-order chi connectivity index (χ1) is 12.2. The second-order valence-corrected chi connectivity index (χ2v) is 6.01. The fraction of sp³-hybridized carbons (Fsp3) is 0.0455. The van der Waals surface area contributed by atoms with E-state index in [9.17, 15) is 10.3 Å². The second kappa shape index (κ2) is 6.04. The highest BCUT2D eigenvalue weighted by Gasteiger charge is 2.49. The molecule has 3 aromatic rings. The van der Waals surface area contributed by atoms with Crippen molar-refractivity contribution in [3.05, 3.63) is 119 Å². The van der Waals surface area contributed by atoms with Crippen molar-refractivity contribution >= 4 is 11.3 Å². The van der Waals surface area contributed by atoms with Crippen LogP contribution in [-0.2, 0) is 5.72 Å². The molecule has 0 aromatic heterocycles. The van der Waals surface area contributed by atoms with Gasteiger partial charge in [-0.25, -0.2) is 0 Å². The van der Waals surface area contributed by atoms with Crippen molar-refractivity contribution in [2.45, 2.75) is 5.72 Å². The van der Waals surface area contributed by atoms with Gasteiger partial charge in [0.05, 0.1) is 11.1 Å². The molecule has 25 heavy (non-hydrogen) atoms. The largest absolute Gasteiger partial charge is 0.621 e. The van der Waals surface area contributed by atoms with Gasteiger partial charge in [0.2, 0.25) is 5.71 Å². The van der Waals surface area contributed by atoms with E-state index in [-0.39, 0.29) is 0 Å². The summed E-state index contributed by atoms with van der Waals surface area (Å²) in [7, 11) is 0. The van der Waals surface area contributed by atoms with Crippen molar-refractivity contribution in [2.75, 3.05) is 0 Å². The van der Waals surface area contributed by atoms with Crippen LogP contribution in [0.15, 0.2) is 97.1 Å². The maximum Gasteiger partial charge on any atom is 0.330 e. The van der Waals surface area contributed by atoms with Gasteiger partial charge in [-0.3, -0.25) is 0 Å². The predicted octanol–water partition coefficient (Wildman–Crippen LogP) is 3.93. The summed E-state index contributed by atoms with van der Waals surface area (Å²) in [6, 6.07) is 28.0.